The van der Waals surface area contributed by atoms with Crippen molar-refractivity contribution in [1.82, 2.24) is 9.97 Å². The second-order valence-electron chi connectivity index (χ2n) is 3.43. The fraction of sp³-hybridized carbons (Fsp3) is 0.0833. The molecule has 1 N–H and O–H groups in total. The van der Waals surface area contributed by atoms with Gasteiger partial charge in [0.05, 0.1) is 0 Å². The predicted octanol–water partition coefficient (Wildman–Crippen LogP) is 1.56. The predicted molar refractivity (Wildman–Crippen MR) is 60.4 cm³/mol. The summed E-state index contributed by atoms with van der Waals surface area (Å²) in [5.41, 5.74) is 2.44. The van der Waals surface area contributed by atoms with Gasteiger partial charge in [0.25, 0.3) is 0 Å². The molecule has 2 aromatic rings. The number of carbonyl (C=O) groups is 1. The van der Waals surface area contributed by atoms with Gasteiger partial charge in [0.1, 0.15) is 0 Å². The van der Waals surface area contributed by atoms with Gasteiger partial charge < -0.3 is 4.98 Å². The van der Waals surface area contributed by atoms with Crippen LogP contribution in [0.1, 0.15) is 16.1 Å². The Morgan fingerprint density at radius 3 is 2.69 bits per heavy atom. The van der Waals surface area contributed by atoms with Gasteiger partial charge in [0, 0.05) is 23.0 Å². The lowest BCUT2D eigenvalue weighted by molar-refractivity contribution is 0.112. The van der Waals surface area contributed by atoms with E-state index in [9.17, 15) is 9.59 Å². The molecule has 0 aliphatic rings. The summed E-state index contributed by atoms with van der Waals surface area (Å²) >= 11 is 0. The fourth-order valence-corrected chi connectivity index (χ4v) is 1.60. The first-order valence-electron chi connectivity index (χ1n) is 4.83. The zero-order valence-electron chi connectivity index (χ0n) is 8.73. The van der Waals surface area contributed by atoms with Crippen LogP contribution >= 0.6 is 0 Å². The molecule has 16 heavy (non-hydrogen) atoms. The lowest BCUT2D eigenvalue weighted by Crippen LogP contribution is -2.11. The summed E-state index contributed by atoms with van der Waals surface area (Å²) < 4.78 is 0. The molecule has 4 nitrogen and oxygen atoms in total. The SMILES string of the molecule is Cc1[nH]c(=O)ncc1-c1ccccc1C=O. The minimum atomic E-state index is -0.384. The smallest absolute Gasteiger partial charge is 0.309 e. The van der Waals surface area contributed by atoms with Gasteiger partial charge in [0.2, 0.25) is 0 Å². The van der Waals surface area contributed by atoms with Crippen LogP contribution in [-0.2, 0) is 0 Å². The highest BCUT2D eigenvalue weighted by Crippen LogP contribution is 2.22. The Bertz CT molecular complexity index is 588. The van der Waals surface area contributed by atoms with E-state index in [-0.39, 0.29) is 5.69 Å². The minimum Gasteiger partial charge on any atom is -0.309 e. The Kier molecular flexibility index (Phi) is 2.64. The standard InChI is InChI=1S/C12H10N2O2/c1-8-11(6-13-12(16)14-8)10-5-3-2-4-9(10)7-15/h2-7H,1H3,(H,13,14,16). The van der Waals surface area contributed by atoms with E-state index in [0.29, 0.717) is 11.3 Å². The average molecular weight is 214 g/mol. The molecule has 0 radical (unpaired) electrons. The number of benzene rings is 1. The molecule has 0 aliphatic heterocycles. The number of carbonyl (C=O) groups excluding carboxylic acids is 1. The number of nitrogens with zero attached hydrogens (tertiary/aromatic N) is 1. The summed E-state index contributed by atoms with van der Waals surface area (Å²) in [4.78, 5) is 28.1. The van der Waals surface area contributed by atoms with Crippen LogP contribution in [-0.4, -0.2) is 16.3 Å². The molecule has 0 saturated carbocycles. The van der Waals surface area contributed by atoms with Gasteiger partial charge in [-0.25, -0.2) is 9.78 Å². The topological polar surface area (TPSA) is 62.8 Å². The van der Waals surface area contributed by atoms with Crippen molar-refractivity contribution in [3.05, 3.63) is 52.2 Å². The van der Waals surface area contributed by atoms with E-state index in [1.54, 1.807) is 19.1 Å². The number of aromatic amines is 1. The molecule has 0 unspecified atom stereocenters. The van der Waals surface area contributed by atoms with Crippen LogP contribution in [0.15, 0.2) is 35.3 Å². The first-order chi connectivity index (χ1) is 7.72. The molecule has 0 atom stereocenters. The second kappa shape index (κ2) is 4.10. The first-order valence-corrected chi connectivity index (χ1v) is 4.83. The number of rotatable bonds is 2. The van der Waals surface area contributed by atoms with E-state index in [4.69, 9.17) is 0 Å². The van der Waals surface area contributed by atoms with E-state index < -0.39 is 0 Å². The highest BCUT2D eigenvalue weighted by atomic mass is 16.1. The molecule has 0 fully saturated rings. The minimum absolute atomic E-state index is 0.384. The molecule has 1 aromatic heterocycles. The maximum atomic E-state index is 11.0. The largest absolute Gasteiger partial charge is 0.345 e. The van der Waals surface area contributed by atoms with E-state index in [0.717, 1.165) is 17.4 Å². The Balaban J connectivity index is 2.67. The van der Waals surface area contributed by atoms with E-state index in [1.807, 2.05) is 12.1 Å². The zero-order chi connectivity index (χ0) is 11.5. The van der Waals surface area contributed by atoms with E-state index in [1.165, 1.54) is 6.20 Å². The van der Waals surface area contributed by atoms with Gasteiger partial charge in [-0.1, -0.05) is 24.3 Å². The molecule has 2 rings (SSSR count). The number of nitrogens with one attached hydrogen (secondary N) is 1. The van der Waals surface area contributed by atoms with Crippen molar-refractivity contribution in [3.63, 3.8) is 0 Å². The molecule has 4 heteroatoms. The highest BCUT2D eigenvalue weighted by Gasteiger charge is 2.07. The number of aromatic nitrogens is 2. The Morgan fingerprint density at radius 2 is 2.00 bits per heavy atom. The molecular formula is C12H10N2O2. The van der Waals surface area contributed by atoms with Crippen molar-refractivity contribution in [1.29, 1.82) is 0 Å². The molecule has 0 saturated heterocycles. The summed E-state index contributed by atoms with van der Waals surface area (Å²) in [5, 5.41) is 0. The van der Waals surface area contributed by atoms with Crippen LogP contribution in [0, 0.1) is 6.92 Å². The molecule has 0 bridgehead atoms. The van der Waals surface area contributed by atoms with Crippen LogP contribution in [0.2, 0.25) is 0 Å². The third kappa shape index (κ3) is 1.77. The summed E-state index contributed by atoms with van der Waals surface area (Å²) in [6.07, 6.45) is 2.27. The van der Waals surface area contributed by atoms with Crippen LogP contribution in [0.25, 0.3) is 11.1 Å². The molecule has 1 aromatic carbocycles. The van der Waals surface area contributed by atoms with Gasteiger partial charge in [-0.3, -0.25) is 4.79 Å². The monoisotopic (exact) mass is 214 g/mol. The number of aryl methyl sites for hydroxylation is 1. The van der Waals surface area contributed by atoms with E-state index in [2.05, 4.69) is 9.97 Å². The van der Waals surface area contributed by atoms with Crippen molar-refractivity contribution in [2.75, 3.05) is 0 Å². The maximum absolute atomic E-state index is 11.0. The van der Waals surface area contributed by atoms with Crippen LogP contribution in [0.5, 0.6) is 0 Å². The molecule has 0 amide bonds. The lowest BCUT2D eigenvalue weighted by Gasteiger charge is -2.06. The van der Waals surface area contributed by atoms with Crippen molar-refractivity contribution in [2.24, 2.45) is 0 Å². The molecular weight excluding hydrogens is 204 g/mol. The van der Waals surface area contributed by atoms with Crippen molar-refractivity contribution in [2.45, 2.75) is 6.92 Å². The quantitative estimate of drug-likeness (QED) is 0.771. The first kappa shape index (κ1) is 10.3. The number of hydrogen-bond acceptors (Lipinski definition) is 3. The molecule has 80 valence electrons. The van der Waals surface area contributed by atoms with Crippen LogP contribution in [0.3, 0.4) is 0 Å². The van der Waals surface area contributed by atoms with Gasteiger partial charge in [-0.2, -0.15) is 0 Å². The summed E-state index contributed by atoms with van der Waals surface area (Å²) in [5.74, 6) is 0. The third-order valence-electron chi connectivity index (χ3n) is 2.39. The Morgan fingerprint density at radius 1 is 1.25 bits per heavy atom. The van der Waals surface area contributed by atoms with Gasteiger partial charge in [-0.15, -0.1) is 0 Å². The number of aldehydes is 1. The average Bonchev–Trinajstić information content (AvgIpc) is 2.29. The Hall–Kier alpha value is -2.23. The number of H-pyrrole nitrogens is 1. The Labute approximate surface area is 92.0 Å². The fourth-order valence-electron chi connectivity index (χ4n) is 1.60. The second-order valence-corrected chi connectivity index (χ2v) is 3.43. The summed E-state index contributed by atoms with van der Waals surface area (Å²) in [7, 11) is 0. The highest BCUT2D eigenvalue weighted by molar-refractivity contribution is 5.87. The van der Waals surface area contributed by atoms with Crippen molar-refractivity contribution in [3.8, 4) is 11.1 Å². The van der Waals surface area contributed by atoms with Crippen molar-refractivity contribution < 1.29 is 4.79 Å². The summed E-state index contributed by atoms with van der Waals surface area (Å²) in [6.45, 7) is 1.78. The maximum Gasteiger partial charge on any atom is 0.345 e. The third-order valence-corrected chi connectivity index (χ3v) is 2.39. The normalized spacial score (nSPS) is 10.1. The summed E-state index contributed by atoms with van der Waals surface area (Å²) in [6, 6.07) is 7.19. The number of hydrogen-bond donors (Lipinski definition) is 1. The lowest BCUT2D eigenvalue weighted by atomic mass is 10.0. The van der Waals surface area contributed by atoms with Crippen LogP contribution in [0.4, 0.5) is 0 Å². The van der Waals surface area contributed by atoms with Gasteiger partial charge >= 0.3 is 5.69 Å². The molecule has 1 heterocycles. The van der Waals surface area contributed by atoms with Gasteiger partial charge in [0.15, 0.2) is 6.29 Å². The van der Waals surface area contributed by atoms with Crippen molar-refractivity contribution >= 4 is 6.29 Å². The zero-order valence-corrected chi connectivity index (χ0v) is 8.73. The van der Waals surface area contributed by atoms with E-state index >= 15 is 0 Å². The molecule has 0 aliphatic carbocycles. The van der Waals surface area contributed by atoms with Crippen LogP contribution < -0.4 is 5.69 Å². The van der Waals surface area contributed by atoms with Gasteiger partial charge in [-0.05, 0) is 12.5 Å². The molecule has 0 spiro atoms.